The molecule has 0 saturated carbocycles. The van der Waals surface area contributed by atoms with E-state index in [-0.39, 0.29) is 52.2 Å². The predicted octanol–water partition coefficient (Wildman–Crippen LogP) is 5.91. The molecular formula is C25H28O5. The average molecular weight is 408 g/mol. The highest BCUT2D eigenvalue weighted by molar-refractivity contribution is 6.04. The van der Waals surface area contributed by atoms with E-state index in [1.807, 2.05) is 6.08 Å². The van der Waals surface area contributed by atoms with Crippen LogP contribution in [0.15, 0.2) is 48.1 Å². The number of ketones is 1. The molecule has 0 aliphatic carbocycles. The molecule has 1 aliphatic heterocycles. The molecule has 5 heteroatoms. The molecule has 0 bridgehead atoms. The summed E-state index contributed by atoms with van der Waals surface area (Å²) in [6, 6.07) is 7.81. The number of ether oxygens (including phenoxy) is 1. The van der Waals surface area contributed by atoms with Gasteiger partial charge in [-0.2, -0.15) is 0 Å². The van der Waals surface area contributed by atoms with E-state index < -0.39 is 6.10 Å². The van der Waals surface area contributed by atoms with Gasteiger partial charge in [-0.15, -0.1) is 0 Å². The molecule has 0 amide bonds. The Balaban J connectivity index is 1.83. The van der Waals surface area contributed by atoms with Crippen LogP contribution in [0.1, 0.15) is 67.6 Å². The zero-order valence-electron chi connectivity index (χ0n) is 17.6. The second kappa shape index (κ2) is 9.08. The minimum absolute atomic E-state index is 0.0678. The van der Waals surface area contributed by atoms with Gasteiger partial charge in [0.15, 0.2) is 5.78 Å². The summed E-state index contributed by atoms with van der Waals surface area (Å²) in [5.41, 5.74) is 2.34. The van der Waals surface area contributed by atoms with Crippen LogP contribution in [0.4, 0.5) is 0 Å². The fourth-order valence-corrected chi connectivity index (χ4v) is 3.51. The summed E-state index contributed by atoms with van der Waals surface area (Å²) < 4.78 is 5.89. The number of phenolic OH excluding ortho intramolecular Hbond substituents is 3. The largest absolute Gasteiger partial charge is 0.508 e. The lowest BCUT2D eigenvalue weighted by Crippen LogP contribution is -2.20. The molecule has 158 valence electrons. The topological polar surface area (TPSA) is 87.0 Å². The Hall–Kier alpha value is -3.21. The molecular weight excluding hydrogens is 380 g/mol. The van der Waals surface area contributed by atoms with E-state index in [4.69, 9.17) is 4.74 Å². The Morgan fingerprint density at radius 2 is 1.90 bits per heavy atom. The van der Waals surface area contributed by atoms with E-state index in [0.717, 1.165) is 18.4 Å². The van der Waals surface area contributed by atoms with Crippen LogP contribution >= 0.6 is 0 Å². The van der Waals surface area contributed by atoms with E-state index in [0.29, 0.717) is 0 Å². The van der Waals surface area contributed by atoms with Crippen molar-refractivity contribution in [3.63, 3.8) is 0 Å². The van der Waals surface area contributed by atoms with Crippen LogP contribution in [0.5, 0.6) is 23.0 Å². The second-order valence-corrected chi connectivity index (χ2v) is 8.05. The third kappa shape index (κ3) is 4.85. The first-order valence-electron chi connectivity index (χ1n) is 10.2. The number of hydrogen-bond acceptors (Lipinski definition) is 5. The van der Waals surface area contributed by atoms with Crippen LogP contribution < -0.4 is 4.74 Å². The number of hydrogen-bond donors (Lipinski definition) is 3. The fourth-order valence-electron chi connectivity index (χ4n) is 3.51. The molecule has 5 nitrogen and oxygen atoms in total. The number of carbonyl (C=O) groups excluding carboxylic acids is 1. The molecule has 0 aromatic heterocycles. The number of rotatable bonds is 6. The highest BCUT2D eigenvalue weighted by atomic mass is 16.5. The van der Waals surface area contributed by atoms with E-state index in [9.17, 15) is 20.1 Å². The molecule has 2 aromatic rings. The summed E-state index contributed by atoms with van der Waals surface area (Å²) >= 11 is 0. The Labute approximate surface area is 177 Å². The van der Waals surface area contributed by atoms with Gasteiger partial charge in [-0.1, -0.05) is 42.9 Å². The smallest absolute Gasteiger partial charge is 0.174 e. The molecule has 0 radical (unpaired) electrons. The summed E-state index contributed by atoms with van der Waals surface area (Å²) in [6.07, 6.45) is 7.20. The van der Waals surface area contributed by atoms with Crippen molar-refractivity contribution in [1.29, 1.82) is 0 Å². The summed E-state index contributed by atoms with van der Waals surface area (Å²) in [4.78, 5) is 12.8. The van der Waals surface area contributed by atoms with Crippen molar-refractivity contribution in [2.75, 3.05) is 0 Å². The van der Waals surface area contributed by atoms with Gasteiger partial charge in [0.05, 0.1) is 12.0 Å². The molecule has 0 spiro atoms. The molecule has 2 atom stereocenters. The third-order valence-electron chi connectivity index (χ3n) is 5.23. The third-order valence-corrected chi connectivity index (χ3v) is 5.23. The highest BCUT2D eigenvalue weighted by Crippen LogP contribution is 2.45. The lowest BCUT2D eigenvalue weighted by atomic mass is 9.93. The van der Waals surface area contributed by atoms with E-state index in [2.05, 4.69) is 26.8 Å². The van der Waals surface area contributed by atoms with Gasteiger partial charge in [-0.25, -0.2) is 0 Å². The van der Waals surface area contributed by atoms with Gasteiger partial charge in [0, 0.05) is 6.07 Å². The van der Waals surface area contributed by atoms with Gasteiger partial charge in [0.1, 0.15) is 34.7 Å². The molecule has 0 fully saturated rings. The van der Waals surface area contributed by atoms with Crippen molar-refractivity contribution in [3.05, 3.63) is 64.7 Å². The molecule has 0 saturated heterocycles. The normalized spacial score (nSPS) is 16.8. The van der Waals surface area contributed by atoms with Crippen LogP contribution in [-0.2, 0) is 0 Å². The first-order chi connectivity index (χ1) is 14.3. The number of benzene rings is 2. The zero-order chi connectivity index (χ0) is 21.8. The van der Waals surface area contributed by atoms with Crippen LogP contribution in [0.2, 0.25) is 0 Å². The zero-order valence-corrected chi connectivity index (χ0v) is 17.6. The Bertz CT molecular complexity index is 982. The quantitative estimate of drug-likeness (QED) is 0.518. The van der Waals surface area contributed by atoms with Gasteiger partial charge in [0.25, 0.3) is 0 Å². The van der Waals surface area contributed by atoms with Crippen molar-refractivity contribution in [2.45, 2.75) is 46.1 Å². The number of fused-ring (bicyclic) bond motifs is 1. The Morgan fingerprint density at radius 3 is 2.57 bits per heavy atom. The predicted molar refractivity (Wildman–Crippen MR) is 117 cm³/mol. The maximum Gasteiger partial charge on any atom is 0.174 e. The molecule has 1 heterocycles. The molecule has 0 unspecified atom stereocenters. The number of carbonyl (C=O) groups is 1. The fraction of sp³-hybridized carbons (Fsp3) is 0.320. The van der Waals surface area contributed by atoms with Crippen LogP contribution in [0.25, 0.3) is 6.08 Å². The maximum absolute atomic E-state index is 12.8. The Kier molecular flexibility index (Phi) is 6.50. The van der Waals surface area contributed by atoms with Crippen LogP contribution in [-0.4, -0.2) is 21.1 Å². The van der Waals surface area contributed by atoms with E-state index >= 15 is 0 Å². The minimum Gasteiger partial charge on any atom is -0.508 e. The lowest BCUT2D eigenvalue weighted by Gasteiger charge is -2.27. The Morgan fingerprint density at radius 1 is 1.20 bits per heavy atom. The van der Waals surface area contributed by atoms with Crippen LogP contribution in [0, 0.1) is 5.92 Å². The summed E-state index contributed by atoms with van der Waals surface area (Å²) in [6.45, 7) is 6.20. The summed E-state index contributed by atoms with van der Waals surface area (Å²) in [7, 11) is 0. The standard InChI is InChI=1S/C25H28O5/c1-15(2)5-4-6-16(3)7-12-19-20(27)13-23-24(25(19)29)21(28)14-22(30-23)17-8-10-18(26)11-9-17/h5,7-13,16,22,26-27,29H,4,6,14H2,1-3H3/t16-,22-/m0/s1. The van der Waals surface area contributed by atoms with Crippen molar-refractivity contribution < 1.29 is 24.9 Å². The maximum atomic E-state index is 12.8. The van der Waals surface area contributed by atoms with Crippen molar-refractivity contribution in [1.82, 2.24) is 0 Å². The number of Topliss-reactive ketones (excluding diaryl/α,β-unsaturated/α-hetero) is 1. The average Bonchev–Trinajstić information content (AvgIpc) is 2.67. The van der Waals surface area contributed by atoms with E-state index in [1.54, 1.807) is 18.2 Å². The highest BCUT2D eigenvalue weighted by Gasteiger charge is 2.32. The molecule has 3 N–H and O–H groups in total. The molecule has 1 aliphatic rings. The number of allylic oxidation sites excluding steroid dienone is 3. The lowest BCUT2D eigenvalue weighted by molar-refractivity contribution is 0.0844. The van der Waals surface area contributed by atoms with Crippen molar-refractivity contribution in [2.24, 2.45) is 5.92 Å². The molecule has 2 aromatic carbocycles. The SMILES string of the molecule is CC(C)=CCC[C@H](C)C=Cc1c(O)cc2c(c1O)C(=O)C[C@@H](c1ccc(O)cc1)O2. The van der Waals surface area contributed by atoms with E-state index in [1.165, 1.54) is 23.8 Å². The first-order valence-corrected chi connectivity index (χ1v) is 10.2. The van der Waals surface area contributed by atoms with Crippen molar-refractivity contribution in [3.8, 4) is 23.0 Å². The van der Waals surface area contributed by atoms with Gasteiger partial charge in [-0.3, -0.25) is 4.79 Å². The first kappa shape index (κ1) is 21.5. The van der Waals surface area contributed by atoms with Crippen molar-refractivity contribution >= 4 is 11.9 Å². The molecule has 3 rings (SSSR count). The second-order valence-electron chi connectivity index (χ2n) is 8.05. The van der Waals surface area contributed by atoms with Gasteiger partial charge in [-0.05, 0) is 50.3 Å². The van der Waals surface area contributed by atoms with Gasteiger partial charge in [0.2, 0.25) is 0 Å². The number of phenols is 3. The summed E-state index contributed by atoms with van der Waals surface area (Å²) in [5, 5.41) is 30.6. The molecule has 30 heavy (non-hydrogen) atoms. The number of aromatic hydroxyl groups is 3. The summed E-state index contributed by atoms with van der Waals surface area (Å²) in [5.74, 6) is -0.111. The minimum atomic E-state index is -0.541. The monoisotopic (exact) mass is 408 g/mol. The van der Waals surface area contributed by atoms with Gasteiger partial charge >= 0.3 is 0 Å². The van der Waals surface area contributed by atoms with Gasteiger partial charge < -0.3 is 20.1 Å². The van der Waals surface area contributed by atoms with Crippen LogP contribution in [0.3, 0.4) is 0 Å².